The number of aliphatic hydroxyl groups excluding tert-OH is 1. The van der Waals surface area contributed by atoms with Crippen molar-refractivity contribution in [1.82, 2.24) is 9.80 Å². The fraction of sp³-hybridized carbons (Fsp3) is 0.304. The van der Waals surface area contributed by atoms with E-state index in [0.29, 0.717) is 34.9 Å². The van der Waals surface area contributed by atoms with Crippen molar-refractivity contribution in [2.75, 3.05) is 34.3 Å². The zero-order chi connectivity index (χ0) is 21.8. The van der Waals surface area contributed by atoms with Crippen LogP contribution in [0, 0.1) is 0 Å². The van der Waals surface area contributed by atoms with Crippen molar-refractivity contribution in [3.05, 3.63) is 70.3 Å². The molecular weight excluding hydrogens is 404 g/mol. The van der Waals surface area contributed by atoms with Crippen LogP contribution in [0.4, 0.5) is 0 Å². The maximum Gasteiger partial charge on any atom is 0.295 e. The Hall–Kier alpha value is -2.83. The van der Waals surface area contributed by atoms with E-state index in [1.54, 1.807) is 48.5 Å². The number of Topliss-reactive ketones (excluding diaryl/α,β-unsaturated/α-hetero) is 1. The molecule has 1 N–H and O–H groups in total. The van der Waals surface area contributed by atoms with Crippen LogP contribution in [-0.4, -0.2) is 60.9 Å². The monoisotopic (exact) mass is 428 g/mol. The van der Waals surface area contributed by atoms with Crippen LogP contribution in [0.15, 0.2) is 54.1 Å². The van der Waals surface area contributed by atoms with Crippen molar-refractivity contribution in [2.45, 2.75) is 12.5 Å². The van der Waals surface area contributed by atoms with Crippen LogP contribution in [0.1, 0.15) is 23.6 Å². The molecule has 0 aliphatic carbocycles. The largest absolute Gasteiger partial charge is 0.507 e. The summed E-state index contributed by atoms with van der Waals surface area (Å²) in [6.07, 6.45) is 0.686. The number of nitrogens with zero attached hydrogens (tertiary/aromatic N) is 2. The first-order valence-corrected chi connectivity index (χ1v) is 10.0. The van der Waals surface area contributed by atoms with Crippen LogP contribution in [0.25, 0.3) is 5.76 Å². The second kappa shape index (κ2) is 9.32. The number of hydrogen-bond acceptors (Lipinski definition) is 5. The highest BCUT2D eigenvalue weighted by molar-refractivity contribution is 6.46. The highest BCUT2D eigenvalue weighted by Gasteiger charge is 2.46. The molecule has 7 heteroatoms. The molecule has 1 heterocycles. The van der Waals surface area contributed by atoms with Crippen molar-refractivity contribution in [3.63, 3.8) is 0 Å². The predicted octanol–water partition coefficient (Wildman–Crippen LogP) is 3.72. The lowest BCUT2D eigenvalue weighted by Crippen LogP contribution is -2.32. The molecule has 1 saturated heterocycles. The third-order valence-corrected chi connectivity index (χ3v) is 5.31. The molecule has 1 aliphatic rings. The second-order valence-corrected chi connectivity index (χ2v) is 7.84. The van der Waals surface area contributed by atoms with Gasteiger partial charge in [-0.2, -0.15) is 0 Å². The van der Waals surface area contributed by atoms with Gasteiger partial charge in [-0.05, 0) is 56.9 Å². The summed E-state index contributed by atoms with van der Waals surface area (Å²) < 4.78 is 5.34. The number of methoxy groups -OCH3 is 1. The molecule has 0 aromatic heterocycles. The number of aliphatic hydroxyl groups is 1. The number of ether oxygens (including phenoxy) is 1. The SMILES string of the molecule is COc1ccccc1/C(O)=C1\C(=O)C(=O)N(CCCN(C)C)C1c1cccc(Cl)c1. The zero-order valence-electron chi connectivity index (χ0n) is 17.3. The normalized spacial score (nSPS) is 18.3. The number of carbonyl (C=O) groups is 2. The van der Waals surface area contributed by atoms with E-state index < -0.39 is 17.7 Å². The Balaban J connectivity index is 2.14. The van der Waals surface area contributed by atoms with Gasteiger partial charge in [-0.1, -0.05) is 35.9 Å². The third-order valence-electron chi connectivity index (χ3n) is 5.07. The summed E-state index contributed by atoms with van der Waals surface area (Å²) in [5.41, 5.74) is 1.07. The first-order chi connectivity index (χ1) is 14.3. The second-order valence-electron chi connectivity index (χ2n) is 7.40. The van der Waals surface area contributed by atoms with Crippen LogP contribution < -0.4 is 4.74 Å². The fourth-order valence-electron chi connectivity index (χ4n) is 3.68. The molecule has 1 fully saturated rings. The molecule has 1 aliphatic heterocycles. The topological polar surface area (TPSA) is 70.1 Å². The van der Waals surface area contributed by atoms with Gasteiger partial charge in [-0.15, -0.1) is 0 Å². The molecule has 0 spiro atoms. The molecule has 0 bridgehead atoms. The number of rotatable bonds is 7. The molecule has 1 amide bonds. The Kier molecular flexibility index (Phi) is 6.80. The van der Waals surface area contributed by atoms with E-state index in [0.717, 1.165) is 6.54 Å². The van der Waals surface area contributed by atoms with Gasteiger partial charge < -0.3 is 19.6 Å². The number of ketones is 1. The number of benzene rings is 2. The lowest BCUT2D eigenvalue weighted by Gasteiger charge is -2.26. The molecule has 2 aromatic rings. The van der Waals surface area contributed by atoms with E-state index in [9.17, 15) is 14.7 Å². The number of carbonyl (C=O) groups excluding carboxylic acids is 2. The number of likely N-dealkylation sites (tertiary alicyclic amines) is 1. The molecule has 3 rings (SSSR count). The molecule has 2 aromatic carbocycles. The van der Waals surface area contributed by atoms with Crippen LogP contribution in [0.5, 0.6) is 5.75 Å². The fourth-order valence-corrected chi connectivity index (χ4v) is 3.88. The van der Waals surface area contributed by atoms with Gasteiger partial charge in [0.15, 0.2) is 0 Å². The molecule has 0 radical (unpaired) electrons. The van der Waals surface area contributed by atoms with Crippen LogP contribution in [0.2, 0.25) is 5.02 Å². The van der Waals surface area contributed by atoms with Gasteiger partial charge in [0.05, 0.1) is 24.3 Å². The summed E-state index contributed by atoms with van der Waals surface area (Å²) >= 11 is 6.19. The maximum absolute atomic E-state index is 13.0. The zero-order valence-corrected chi connectivity index (χ0v) is 18.0. The van der Waals surface area contributed by atoms with E-state index in [-0.39, 0.29) is 11.3 Å². The Morgan fingerprint density at radius 2 is 1.90 bits per heavy atom. The standard InChI is InChI=1S/C23H25ClN2O4/c1-25(2)12-7-13-26-20(15-8-6-9-16(24)14-15)19(22(28)23(26)29)21(27)17-10-4-5-11-18(17)30-3/h4-6,8-11,14,20,27H,7,12-13H2,1-3H3/b21-19+. The Bertz CT molecular complexity index is 987. The van der Waals surface area contributed by atoms with Crippen molar-refractivity contribution in [1.29, 1.82) is 0 Å². The first kappa shape index (κ1) is 21.9. The summed E-state index contributed by atoms with van der Waals surface area (Å²) in [5.74, 6) is -1.19. The van der Waals surface area contributed by atoms with Gasteiger partial charge >= 0.3 is 0 Å². The van der Waals surface area contributed by atoms with Gasteiger partial charge in [0.1, 0.15) is 11.5 Å². The Morgan fingerprint density at radius 1 is 1.17 bits per heavy atom. The lowest BCUT2D eigenvalue weighted by molar-refractivity contribution is -0.139. The Morgan fingerprint density at radius 3 is 2.57 bits per heavy atom. The van der Waals surface area contributed by atoms with Crippen LogP contribution in [0.3, 0.4) is 0 Å². The molecule has 6 nitrogen and oxygen atoms in total. The molecule has 158 valence electrons. The smallest absolute Gasteiger partial charge is 0.295 e. The minimum absolute atomic E-state index is 0.0385. The van der Waals surface area contributed by atoms with Crippen molar-refractivity contribution in [3.8, 4) is 5.75 Å². The van der Waals surface area contributed by atoms with E-state index in [1.807, 2.05) is 19.0 Å². The molecular formula is C23H25ClN2O4. The van der Waals surface area contributed by atoms with Gasteiger partial charge in [0.2, 0.25) is 0 Å². The summed E-state index contributed by atoms with van der Waals surface area (Å²) in [4.78, 5) is 29.4. The molecule has 1 atom stereocenters. The summed E-state index contributed by atoms with van der Waals surface area (Å²) in [6.45, 7) is 1.14. The summed E-state index contributed by atoms with van der Waals surface area (Å²) in [6, 6.07) is 13.1. The van der Waals surface area contributed by atoms with Gasteiger partial charge in [0, 0.05) is 11.6 Å². The lowest BCUT2D eigenvalue weighted by atomic mass is 9.95. The van der Waals surface area contributed by atoms with Crippen LogP contribution >= 0.6 is 11.6 Å². The number of halogens is 1. The average molecular weight is 429 g/mol. The van der Waals surface area contributed by atoms with Crippen LogP contribution in [-0.2, 0) is 9.59 Å². The number of hydrogen-bond donors (Lipinski definition) is 1. The summed E-state index contributed by atoms with van der Waals surface area (Å²) in [7, 11) is 5.38. The molecule has 0 saturated carbocycles. The van der Waals surface area contributed by atoms with Gasteiger partial charge in [-0.3, -0.25) is 9.59 Å². The number of para-hydroxylation sites is 1. The van der Waals surface area contributed by atoms with E-state index in [4.69, 9.17) is 16.3 Å². The van der Waals surface area contributed by atoms with Crippen molar-refractivity contribution >= 4 is 29.1 Å². The minimum Gasteiger partial charge on any atom is -0.507 e. The summed E-state index contributed by atoms with van der Waals surface area (Å²) in [5, 5.41) is 11.6. The van der Waals surface area contributed by atoms with Crippen molar-refractivity contribution in [2.24, 2.45) is 0 Å². The van der Waals surface area contributed by atoms with E-state index in [2.05, 4.69) is 0 Å². The minimum atomic E-state index is -0.726. The Labute approximate surface area is 181 Å². The average Bonchev–Trinajstić information content (AvgIpc) is 2.98. The number of amides is 1. The van der Waals surface area contributed by atoms with Gasteiger partial charge in [-0.25, -0.2) is 0 Å². The van der Waals surface area contributed by atoms with E-state index >= 15 is 0 Å². The molecule has 1 unspecified atom stereocenters. The third kappa shape index (κ3) is 4.35. The quantitative estimate of drug-likeness (QED) is 0.413. The molecule has 30 heavy (non-hydrogen) atoms. The maximum atomic E-state index is 13.0. The highest BCUT2D eigenvalue weighted by atomic mass is 35.5. The first-order valence-electron chi connectivity index (χ1n) is 9.67. The van der Waals surface area contributed by atoms with Gasteiger partial charge in [0.25, 0.3) is 11.7 Å². The van der Waals surface area contributed by atoms with Crippen molar-refractivity contribution < 1.29 is 19.4 Å². The van der Waals surface area contributed by atoms with E-state index in [1.165, 1.54) is 12.0 Å². The highest BCUT2D eigenvalue weighted by Crippen LogP contribution is 2.41. The predicted molar refractivity (Wildman–Crippen MR) is 117 cm³/mol.